The summed E-state index contributed by atoms with van der Waals surface area (Å²) in [6.07, 6.45) is 0. The molecule has 0 spiro atoms. The van der Waals surface area contributed by atoms with Crippen molar-refractivity contribution < 1.29 is 38.6 Å². The summed E-state index contributed by atoms with van der Waals surface area (Å²) in [5.41, 5.74) is -1.70. The Morgan fingerprint density at radius 2 is 1.55 bits per heavy atom. The fourth-order valence-corrected chi connectivity index (χ4v) is 1.91. The van der Waals surface area contributed by atoms with Gasteiger partial charge in [0.1, 0.15) is 5.75 Å². The first-order valence-corrected chi connectivity index (χ1v) is 5.73. The maximum absolute atomic E-state index is 11.4. The molecule has 1 N–H and O–H groups in total. The van der Waals surface area contributed by atoms with Gasteiger partial charge >= 0.3 is 18.9 Å². The van der Waals surface area contributed by atoms with E-state index in [-0.39, 0.29) is 30.0 Å². The fourth-order valence-electron chi connectivity index (χ4n) is 1.91. The van der Waals surface area contributed by atoms with Gasteiger partial charge in [-0.3, -0.25) is 0 Å². The Balaban J connectivity index is 0.00000200. The molecule has 4 nitrogen and oxygen atoms in total. The van der Waals surface area contributed by atoms with Gasteiger partial charge in [0.05, 0.1) is 13.1 Å². The first-order chi connectivity index (χ1) is 9.09. The molecule has 0 amide bonds. The summed E-state index contributed by atoms with van der Waals surface area (Å²) in [4.78, 5) is 11.4. The summed E-state index contributed by atoms with van der Waals surface area (Å²) in [5.74, 6) is -0.985. The van der Waals surface area contributed by atoms with E-state index in [2.05, 4.69) is 0 Å². The van der Waals surface area contributed by atoms with Gasteiger partial charge in [-0.05, 0) is 23.3 Å². The number of aliphatic carboxylic acids is 1. The molecular weight excluding hydrogens is 251 g/mol. The van der Waals surface area contributed by atoms with Crippen LogP contribution in [0.25, 0.3) is 0 Å². The second-order valence-electron chi connectivity index (χ2n) is 4.09. The van der Waals surface area contributed by atoms with Crippen LogP contribution in [-0.2, 0) is 10.4 Å². The molecule has 0 aliphatic rings. The third-order valence-corrected chi connectivity index (χ3v) is 2.99. The Hall–Kier alpha value is -1.73. The zero-order chi connectivity index (χ0) is 13.9. The van der Waals surface area contributed by atoms with E-state index in [4.69, 9.17) is 4.74 Å². The van der Waals surface area contributed by atoms with E-state index in [9.17, 15) is 15.0 Å². The molecule has 0 heterocycles. The standard InChI is InChI=1S/C15H14O4.Li/c1-19-13-9-7-12(8-10-13)15(18,14(16)17)11-5-3-2-4-6-11;/h2-10,18H,1H3,(H,16,17);/q;+1/p-1. The van der Waals surface area contributed by atoms with Gasteiger partial charge in [0.2, 0.25) is 0 Å². The summed E-state index contributed by atoms with van der Waals surface area (Å²) in [6.45, 7) is 0. The third kappa shape index (κ3) is 2.88. The van der Waals surface area contributed by atoms with Gasteiger partial charge in [0.15, 0.2) is 5.60 Å². The maximum Gasteiger partial charge on any atom is 1.00 e. The van der Waals surface area contributed by atoms with E-state index in [0.717, 1.165) is 0 Å². The van der Waals surface area contributed by atoms with Crippen LogP contribution >= 0.6 is 0 Å². The van der Waals surface area contributed by atoms with Crippen molar-refractivity contribution in [3.63, 3.8) is 0 Å². The molecule has 0 radical (unpaired) electrons. The molecule has 98 valence electrons. The van der Waals surface area contributed by atoms with Crippen LogP contribution < -0.4 is 28.7 Å². The average Bonchev–Trinajstić information content (AvgIpc) is 2.47. The molecule has 0 aliphatic heterocycles. The second-order valence-corrected chi connectivity index (χ2v) is 4.09. The number of carboxylic acids is 1. The number of ether oxygens (including phenoxy) is 1. The van der Waals surface area contributed by atoms with E-state index in [0.29, 0.717) is 5.75 Å². The molecule has 2 aromatic rings. The number of hydrogen-bond acceptors (Lipinski definition) is 4. The predicted molar refractivity (Wildman–Crippen MR) is 67.4 cm³/mol. The van der Waals surface area contributed by atoms with Gasteiger partial charge in [0.25, 0.3) is 0 Å². The van der Waals surface area contributed by atoms with Crippen molar-refractivity contribution in [2.24, 2.45) is 0 Å². The Labute approximate surface area is 129 Å². The van der Waals surface area contributed by atoms with E-state index >= 15 is 0 Å². The van der Waals surface area contributed by atoms with Crippen LogP contribution in [0.2, 0.25) is 0 Å². The first-order valence-electron chi connectivity index (χ1n) is 5.73. The number of benzene rings is 2. The molecule has 2 rings (SSSR count). The Bertz CT molecular complexity index is 568. The molecule has 1 atom stereocenters. The minimum atomic E-state index is -2.17. The molecule has 2 aromatic carbocycles. The van der Waals surface area contributed by atoms with Gasteiger partial charge in [-0.15, -0.1) is 0 Å². The molecular formula is C15H13LiO4. The smallest absolute Gasteiger partial charge is 0.546 e. The van der Waals surface area contributed by atoms with Crippen molar-refractivity contribution in [3.05, 3.63) is 65.7 Å². The van der Waals surface area contributed by atoms with Crippen LogP contribution in [0.4, 0.5) is 0 Å². The van der Waals surface area contributed by atoms with Crippen molar-refractivity contribution in [1.29, 1.82) is 0 Å². The van der Waals surface area contributed by atoms with E-state index in [1.807, 2.05) is 0 Å². The quantitative estimate of drug-likeness (QED) is 0.630. The Morgan fingerprint density at radius 1 is 1.05 bits per heavy atom. The summed E-state index contributed by atoms with van der Waals surface area (Å²) < 4.78 is 5.00. The van der Waals surface area contributed by atoms with Crippen LogP contribution in [0.5, 0.6) is 5.75 Å². The minimum absolute atomic E-state index is 0. The van der Waals surface area contributed by atoms with Crippen molar-refractivity contribution in [1.82, 2.24) is 0 Å². The average molecular weight is 264 g/mol. The topological polar surface area (TPSA) is 69.6 Å². The SMILES string of the molecule is COc1ccc(C(O)(C(=O)[O-])c2ccccc2)cc1.[Li+]. The van der Waals surface area contributed by atoms with Gasteiger partial charge in [-0.1, -0.05) is 42.5 Å². The summed E-state index contributed by atoms with van der Waals surface area (Å²) >= 11 is 0. The summed E-state index contributed by atoms with van der Waals surface area (Å²) in [5, 5.41) is 21.9. The van der Waals surface area contributed by atoms with Crippen LogP contribution in [0.15, 0.2) is 54.6 Å². The maximum atomic E-state index is 11.4. The molecule has 5 heteroatoms. The van der Waals surface area contributed by atoms with Crippen molar-refractivity contribution >= 4 is 5.97 Å². The van der Waals surface area contributed by atoms with E-state index in [1.165, 1.54) is 19.2 Å². The summed E-state index contributed by atoms with van der Waals surface area (Å²) in [6, 6.07) is 14.3. The molecule has 0 aliphatic carbocycles. The zero-order valence-electron chi connectivity index (χ0n) is 11.4. The molecule has 20 heavy (non-hydrogen) atoms. The monoisotopic (exact) mass is 264 g/mol. The first kappa shape index (κ1) is 16.3. The number of carboxylic acid groups (broad SMARTS) is 1. The van der Waals surface area contributed by atoms with Crippen molar-refractivity contribution in [2.75, 3.05) is 7.11 Å². The molecule has 0 aromatic heterocycles. The second kappa shape index (κ2) is 6.62. The normalized spacial score (nSPS) is 12.9. The van der Waals surface area contributed by atoms with Gasteiger partial charge in [-0.2, -0.15) is 0 Å². The number of carbonyl (C=O) groups is 1. The van der Waals surface area contributed by atoms with Gasteiger partial charge in [0, 0.05) is 0 Å². The number of hydrogen-bond donors (Lipinski definition) is 1. The van der Waals surface area contributed by atoms with Gasteiger partial charge in [-0.25, -0.2) is 0 Å². The van der Waals surface area contributed by atoms with Crippen molar-refractivity contribution in [2.45, 2.75) is 5.60 Å². The van der Waals surface area contributed by atoms with E-state index < -0.39 is 11.6 Å². The van der Waals surface area contributed by atoms with Crippen LogP contribution in [0, 0.1) is 0 Å². The number of methoxy groups -OCH3 is 1. The van der Waals surface area contributed by atoms with Gasteiger partial charge < -0.3 is 19.7 Å². The van der Waals surface area contributed by atoms with Crippen LogP contribution in [0.3, 0.4) is 0 Å². The number of rotatable bonds is 4. The predicted octanol–water partition coefficient (Wildman–Crippen LogP) is -2.31. The molecule has 1 unspecified atom stereocenters. The number of carbonyl (C=O) groups excluding carboxylic acids is 1. The molecule has 0 fully saturated rings. The molecule has 0 saturated carbocycles. The minimum Gasteiger partial charge on any atom is -0.546 e. The number of aliphatic hydroxyl groups is 1. The van der Waals surface area contributed by atoms with Crippen LogP contribution in [0.1, 0.15) is 11.1 Å². The molecule has 0 bridgehead atoms. The largest absolute Gasteiger partial charge is 1.00 e. The Kier molecular flexibility index (Phi) is 5.40. The fraction of sp³-hybridized carbons (Fsp3) is 0.133. The van der Waals surface area contributed by atoms with E-state index in [1.54, 1.807) is 42.5 Å². The van der Waals surface area contributed by atoms with Crippen molar-refractivity contribution in [3.8, 4) is 5.75 Å². The molecule has 0 saturated heterocycles. The zero-order valence-corrected chi connectivity index (χ0v) is 11.4. The Morgan fingerprint density at radius 3 is 2.00 bits per heavy atom. The van der Waals surface area contributed by atoms with Crippen LogP contribution in [-0.4, -0.2) is 18.2 Å². The summed E-state index contributed by atoms with van der Waals surface area (Å²) in [7, 11) is 1.51. The third-order valence-electron chi connectivity index (χ3n) is 2.99.